The molecule has 4 aromatic rings. The number of aryl methyl sites for hydroxylation is 1. The standard InChI is InChI=1S/C28H34N6/c1-2-29-20-30-15-5-6-18-34(26-13-7-9-21-10-8-16-32-27(21)26)19-25-28-23(14-17-31-25)22-11-3-4-12-24(22)33-28/h3-4,8,10-12,14,16-17,20,26,33H,2,5-7,9,13,15,18-19H2,1H3,(H,29,30). The molecular formula is C28H34N6. The molecule has 1 aliphatic carbocycles. The molecule has 0 saturated heterocycles. The fourth-order valence-corrected chi connectivity index (χ4v) is 5.17. The minimum atomic E-state index is 0.330. The van der Waals surface area contributed by atoms with Crippen molar-refractivity contribution in [3.05, 3.63) is 71.8 Å². The molecule has 0 spiro atoms. The van der Waals surface area contributed by atoms with Gasteiger partial charge in [0.05, 0.1) is 29.3 Å². The molecule has 6 nitrogen and oxygen atoms in total. The maximum Gasteiger partial charge on any atom is 0.0823 e. The molecule has 5 rings (SSSR count). The first-order chi connectivity index (χ1) is 16.8. The van der Waals surface area contributed by atoms with Crippen LogP contribution in [0.5, 0.6) is 0 Å². The minimum absolute atomic E-state index is 0.330. The van der Waals surface area contributed by atoms with E-state index in [9.17, 15) is 0 Å². The van der Waals surface area contributed by atoms with Gasteiger partial charge in [0.15, 0.2) is 0 Å². The van der Waals surface area contributed by atoms with Crippen LogP contribution in [0.15, 0.2) is 59.9 Å². The number of H-pyrrole nitrogens is 1. The summed E-state index contributed by atoms with van der Waals surface area (Å²) in [6.07, 6.45) is 11.4. The topological polar surface area (TPSA) is 69.2 Å². The first-order valence-electron chi connectivity index (χ1n) is 12.6. The molecule has 2 N–H and O–H groups in total. The Morgan fingerprint density at radius 3 is 2.97 bits per heavy atom. The second-order valence-electron chi connectivity index (χ2n) is 9.08. The second kappa shape index (κ2) is 10.8. The summed E-state index contributed by atoms with van der Waals surface area (Å²) < 4.78 is 0. The number of pyridine rings is 2. The lowest BCUT2D eigenvalue weighted by Gasteiger charge is -2.35. The first kappa shape index (κ1) is 22.5. The van der Waals surface area contributed by atoms with Crippen molar-refractivity contribution in [2.24, 2.45) is 4.99 Å². The molecule has 3 aromatic heterocycles. The highest BCUT2D eigenvalue weighted by atomic mass is 15.2. The number of hydrogen-bond acceptors (Lipinski definition) is 4. The van der Waals surface area contributed by atoms with Gasteiger partial charge in [0.1, 0.15) is 0 Å². The molecule has 0 aliphatic heterocycles. The molecule has 1 unspecified atom stereocenters. The zero-order chi connectivity index (χ0) is 23.2. The highest BCUT2D eigenvalue weighted by Gasteiger charge is 2.28. The first-order valence-corrected chi connectivity index (χ1v) is 12.6. The molecule has 0 fully saturated rings. The molecule has 1 atom stereocenters. The predicted octanol–water partition coefficient (Wildman–Crippen LogP) is 5.41. The van der Waals surface area contributed by atoms with E-state index in [2.05, 4.69) is 69.6 Å². The van der Waals surface area contributed by atoms with Crippen molar-refractivity contribution in [3.63, 3.8) is 0 Å². The summed E-state index contributed by atoms with van der Waals surface area (Å²) in [5.41, 5.74) is 6.09. The molecule has 176 valence electrons. The van der Waals surface area contributed by atoms with E-state index < -0.39 is 0 Å². The normalized spacial score (nSPS) is 16.0. The average molecular weight is 455 g/mol. The summed E-state index contributed by atoms with van der Waals surface area (Å²) >= 11 is 0. The smallest absolute Gasteiger partial charge is 0.0823 e. The molecule has 3 heterocycles. The molecule has 0 bridgehead atoms. The van der Waals surface area contributed by atoms with E-state index in [1.54, 1.807) is 0 Å². The maximum atomic E-state index is 4.85. The summed E-state index contributed by atoms with van der Waals surface area (Å²) in [6, 6.07) is 15.3. The van der Waals surface area contributed by atoms with Gasteiger partial charge in [-0.25, -0.2) is 0 Å². The van der Waals surface area contributed by atoms with E-state index in [1.165, 1.54) is 34.0 Å². The largest absolute Gasteiger partial charge is 0.377 e. The van der Waals surface area contributed by atoms with Gasteiger partial charge >= 0.3 is 0 Å². The quantitative estimate of drug-likeness (QED) is 0.191. The molecule has 6 heteroatoms. The lowest BCUT2D eigenvalue weighted by molar-refractivity contribution is 0.161. The van der Waals surface area contributed by atoms with E-state index in [0.29, 0.717) is 6.04 Å². The van der Waals surface area contributed by atoms with Crippen molar-refractivity contribution in [3.8, 4) is 0 Å². The van der Waals surface area contributed by atoms with Gasteiger partial charge in [-0.2, -0.15) is 0 Å². The number of nitrogens with one attached hydrogen (secondary N) is 2. The number of nitrogens with zero attached hydrogens (tertiary/aromatic N) is 4. The van der Waals surface area contributed by atoms with Crippen LogP contribution >= 0.6 is 0 Å². The molecule has 0 radical (unpaired) electrons. The van der Waals surface area contributed by atoms with Crippen molar-refractivity contribution >= 4 is 28.1 Å². The van der Waals surface area contributed by atoms with Gasteiger partial charge in [0, 0.05) is 48.3 Å². The van der Waals surface area contributed by atoms with Crippen LogP contribution in [0.2, 0.25) is 0 Å². The molecule has 34 heavy (non-hydrogen) atoms. The highest BCUT2D eigenvalue weighted by Crippen LogP contribution is 2.35. The summed E-state index contributed by atoms with van der Waals surface area (Å²) in [4.78, 5) is 20.4. The van der Waals surface area contributed by atoms with E-state index in [-0.39, 0.29) is 0 Å². The summed E-state index contributed by atoms with van der Waals surface area (Å²) in [5.74, 6) is 0. The maximum absolute atomic E-state index is 4.85. The number of aromatic nitrogens is 3. The van der Waals surface area contributed by atoms with E-state index in [1.807, 2.05) is 18.7 Å². The molecule has 0 amide bonds. The van der Waals surface area contributed by atoms with Crippen LogP contribution in [0, 0.1) is 0 Å². The molecule has 1 aliphatic rings. The Balaban J connectivity index is 1.41. The lowest BCUT2D eigenvalue weighted by Crippen LogP contribution is -2.33. The third-order valence-electron chi connectivity index (χ3n) is 6.83. The van der Waals surface area contributed by atoms with Crippen molar-refractivity contribution in [2.75, 3.05) is 19.6 Å². The zero-order valence-corrected chi connectivity index (χ0v) is 20.0. The predicted molar refractivity (Wildman–Crippen MR) is 140 cm³/mol. The van der Waals surface area contributed by atoms with Crippen LogP contribution in [0.4, 0.5) is 0 Å². The number of rotatable bonds is 10. The monoisotopic (exact) mass is 454 g/mol. The van der Waals surface area contributed by atoms with E-state index in [0.717, 1.165) is 63.1 Å². The van der Waals surface area contributed by atoms with E-state index >= 15 is 0 Å². The van der Waals surface area contributed by atoms with Crippen LogP contribution in [0.3, 0.4) is 0 Å². The fourth-order valence-electron chi connectivity index (χ4n) is 5.17. The van der Waals surface area contributed by atoms with Gasteiger partial charge in [-0.1, -0.05) is 24.3 Å². The number of para-hydroxylation sites is 1. The zero-order valence-electron chi connectivity index (χ0n) is 20.0. The van der Waals surface area contributed by atoms with Crippen LogP contribution in [0.1, 0.15) is 55.6 Å². The Morgan fingerprint density at radius 2 is 2.03 bits per heavy atom. The lowest BCUT2D eigenvalue weighted by atomic mass is 9.90. The Labute approximate surface area is 201 Å². The van der Waals surface area contributed by atoms with Gasteiger partial charge in [-0.3, -0.25) is 19.9 Å². The highest BCUT2D eigenvalue weighted by molar-refractivity contribution is 6.07. The van der Waals surface area contributed by atoms with Crippen molar-refractivity contribution in [2.45, 2.75) is 51.6 Å². The number of hydrogen-bond donors (Lipinski definition) is 2. The van der Waals surface area contributed by atoms with Gasteiger partial charge in [-0.15, -0.1) is 0 Å². The van der Waals surface area contributed by atoms with Crippen molar-refractivity contribution < 1.29 is 0 Å². The van der Waals surface area contributed by atoms with Gasteiger partial charge in [0.25, 0.3) is 0 Å². The van der Waals surface area contributed by atoms with Gasteiger partial charge in [-0.05, 0) is 69.3 Å². The Hall–Kier alpha value is -3.25. The Kier molecular flexibility index (Phi) is 7.15. The van der Waals surface area contributed by atoms with Crippen molar-refractivity contribution in [1.82, 2.24) is 25.2 Å². The number of benzene rings is 1. The van der Waals surface area contributed by atoms with Crippen LogP contribution < -0.4 is 5.32 Å². The minimum Gasteiger partial charge on any atom is -0.377 e. The number of fused-ring (bicyclic) bond motifs is 4. The second-order valence-corrected chi connectivity index (χ2v) is 9.08. The third-order valence-corrected chi connectivity index (χ3v) is 6.83. The number of aromatic amines is 1. The number of aliphatic imine (C=N–C) groups is 1. The van der Waals surface area contributed by atoms with E-state index in [4.69, 9.17) is 9.97 Å². The number of unbranched alkanes of at least 4 members (excludes halogenated alkanes) is 1. The Morgan fingerprint density at radius 1 is 1.09 bits per heavy atom. The summed E-state index contributed by atoms with van der Waals surface area (Å²) in [7, 11) is 0. The summed E-state index contributed by atoms with van der Waals surface area (Å²) in [6.45, 7) is 5.68. The molecule has 0 saturated carbocycles. The average Bonchev–Trinajstić information content (AvgIpc) is 3.27. The third kappa shape index (κ3) is 4.82. The molecule has 1 aromatic carbocycles. The molecular weight excluding hydrogens is 420 g/mol. The van der Waals surface area contributed by atoms with Crippen LogP contribution in [-0.2, 0) is 13.0 Å². The Bertz CT molecular complexity index is 1260. The van der Waals surface area contributed by atoms with Crippen LogP contribution in [0.25, 0.3) is 21.8 Å². The SMILES string of the molecule is CCNC=NCCCCN(Cc1nccc2c1[nH]c1ccccc12)C1CCCc2cccnc21. The van der Waals surface area contributed by atoms with Gasteiger partial charge in [0.2, 0.25) is 0 Å². The van der Waals surface area contributed by atoms with Gasteiger partial charge < -0.3 is 10.3 Å². The summed E-state index contributed by atoms with van der Waals surface area (Å²) in [5, 5.41) is 5.66. The van der Waals surface area contributed by atoms with Crippen LogP contribution in [-0.4, -0.2) is 45.8 Å². The van der Waals surface area contributed by atoms with Crippen molar-refractivity contribution in [1.29, 1.82) is 0 Å². The fraction of sp³-hybridized carbons (Fsp3) is 0.393.